The van der Waals surface area contributed by atoms with E-state index in [9.17, 15) is 13.6 Å². The highest BCUT2D eigenvalue weighted by Crippen LogP contribution is 2.32. The van der Waals surface area contributed by atoms with Crippen molar-refractivity contribution in [1.29, 1.82) is 0 Å². The van der Waals surface area contributed by atoms with Gasteiger partial charge in [0.05, 0.1) is 5.92 Å². The summed E-state index contributed by atoms with van der Waals surface area (Å²) in [6.45, 7) is 0. The van der Waals surface area contributed by atoms with Crippen LogP contribution in [0.3, 0.4) is 0 Å². The summed E-state index contributed by atoms with van der Waals surface area (Å²) >= 11 is 8.30. The van der Waals surface area contributed by atoms with Gasteiger partial charge in [0.25, 0.3) is 0 Å². The number of alkyl halides is 2. The Morgan fingerprint density at radius 2 is 2.00 bits per heavy atom. The maximum absolute atomic E-state index is 12.7. The summed E-state index contributed by atoms with van der Waals surface area (Å²) in [6.07, 6.45) is -2.96. The Labute approximate surface area is 99.6 Å². The third-order valence-corrected chi connectivity index (χ3v) is 2.87. The van der Waals surface area contributed by atoms with Crippen LogP contribution in [0.25, 0.3) is 0 Å². The van der Waals surface area contributed by atoms with E-state index in [-0.39, 0.29) is 6.42 Å². The molecule has 0 N–H and O–H groups in total. The Morgan fingerprint density at radius 3 is 2.47 bits per heavy atom. The van der Waals surface area contributed by atoms with Crippen LogP contribution in [0.4, 0.5) is 8.78 Å². The highest BCUT2D eigenvalue weighted by molar-refractivity contribution is 9.10. The van der Waals surface area contributed by atoms with E-state index in [1.807, 2.05) is 0 Å². The van der Waals surface area contributed by atoms with Crippen molar-refractivity contribution < 1.29 is 13.6 Å². The molecular weight excluding hydrogens is 289 g/mol. The molecule has 0 fully saturated rings. The lowest BCUT2D eigenvalue weighted by atomic mass is 9.97. The van der Waals surface area contributed by atoms with E-state index in [1.165, 1.54) is 0 Å². The molecule has 1 aromatic carbocycles. The van der Waals surface area contributed by atoms with Gasteiger partial charge in [-0.15, -0.1) is 0 Å². The van der Waals surface area contributed by atoms with Crippen LogP contribution >= 0.6 is 27.5 Å². The lowest BCUT2D eigenvalue weighted by molar-refractivity contribution is -0.112. The van der Waals surface area contributed by atoms with Crippen LogP contribution in [0.15, 0.2) is 28.7 Å². The summed E-state index contributed by atoms with van der Waals surface area (Å²) in [4.78, 5) is 10.7. The standard InChI is InChI=1S/C10H8BrClF2O/c11-8-4-2-1-3-6(8)7(10(13)14)5-9(12)15/h1-4,7,10H,5H2. The van der Waals surface area contributed by atoms with Gasteiger partial charge in [0.1, 0.15) is 0 Å². The minimum Gasteiger partial charge on any atom is -0.281 e. The van der Waals surface area contributed by atoms with Gasteiger partial charge in [0.15, 0.2) is 0 Å². The fourth-order valence-electron chi connectivity index (χ4n) is 1.28. The van der Waals surface area contributed by atoms with Gasteiger partial charge in [-0.05, 0) is 23.2 Å². The number of benzene rings is 1. The van der Waals surface area contributed by atoms with Crippen LogP contribution in [0, 0.1) is 0 Å². The molecule has 0 aliphatic heterocycles. The van der Waals surface area contributed by atoms with Crippen LogP contribution in [-0.4, -0.2) is 11.7 Å². The summed E-state index contributed by atoms with van der Waals surface area (Å²) in [5, 5.41) is -0.754. The van der Waals surface area contributed by atoms with Crippen molar-refractivity contribution in [2.75, 3.05) is 0 Å². The minimum atomic E-state index is -2.61. The Kier molecular flexibility index (Phi) is 4.67. The zero-order valence-electron chi connectivity index (χ0n) is 7.59. The van der Waals surface area contributed by atoms with Gasteiger partial charge in [-0.3, -0.25) is 4.79 Å². The first-order chi connectivity index (χ1) is 7.02. The molecule has 0 radical (unpaired) electrons. The highest BCUT2D eigenvalue weighted by Gasteiger charge is 2.26. The van der Waals surface area contributed by atoms with Crippen molar-refractivity contribution >= 4 is 32.8 Å². The Bertz CT molecular complexity index is 357. The SMILES string of the molecule is O=C(Cl)CC(c1ccccc1Br)C(F)F. The molecule has 5 heteroatoms. The third kappa shape index (κ3) is 3.54. The van der Waals surface area contributed by atoms with E-state index in [4.69, 9.17) is 11.6 Å². The van der Waals surface area contributed by atoms with E-state index >= 15 is 0 Å². The number of carbonyl (C=O) groups excluding carboxylic acids is 1. The third-order valence-electron chi connectivity index (χ3n) is 1.99. The number of hydrogen-bond acceptors (Lipinski definition) is 1. The molecular formula is C10H8BrClF2O. The van der Waals surface area contributed by atoms with Gasteiger partial charge in [-0.2, -0.15) is 0 Å². The van der Waals surface area contributed by atoms with Crippen LogP contribution in [0.1, 0.15) is 17.9 Å². The van der Waals surface area contributed by atoms with Gasteiger partial charge in [0, 0.05) is 10.9 Å². The molecule has 1 rings (SSSR count). The second-order valence-corrected chi connectivity index (χ2v) is 4.30. The van der Waals surface area contributed by atoms with Gasteiger partial charge in [-0.1, -0.05) is 34.1 Å². The molecule has 0 bridgehead atoms. The van der Waals surface area contributed by atoms with E-state index < -0.39 is 17.6 Å². The summed E-state index contributed by atoms with van der Waals surface area (Å²) in [5.41, 5.74) is 0.404. The summed E-state index contributed by atoms with van der Waals surface area (Å²) in [5.74, 6) is -1.15. The number of halogens is 4. The van der Waals surface area contributed by atoms with Crippen molar-refractivity contribution in [1.82, 2.24) is 0 Å². The average molecular weight is 298 g/mol. The number of carbonyl (C=O) groups is 1. The van der Waals surface area contributed by atoms with Crippen LogP contribution in [0.5, 0.6) is 0 Å². The van der Waals surface area contributed by atoms with E-state index in [2.05, 4.69) is 15.9 Å². The predicted molar refractivity (Wildman–Crippen MR) is 58.4 cm³/mol. The maximum atomic E-state index is 12.7. The van der Waals surface area contributed by atoms with E-state index in [0.29, 0.717) is 10.0 Å². The monoisotopic (exact) mass is 296 g/mol. The summed E-state index contributed by atoms with van der Waals surface area (Å²) in [7, 11) is 0. The zero-order chi connectivity index (χ0) is 11.4. The minimum absolute atomic E-state index is 0.359. The molecule has 1 atom stereocenters. The molecule has 0 saturated carbocycles. The molecule has 0 spiro atoms. The van der Waals surface area contributed by atoms with Crippen LogP contribution in [-0.2, 0) is 4.79 Å². The van der Waals surface area contributed by atoms with Crippen molar-refractivity contribution in [3.05, 3.63) is 34.3 Å². The first kappa shape index (κ1) is 12.6. The molecule has 0 heterocycles. The van der Waals surface area contributed by atoms with Crippen molar-refractivity contribution in [2.45, 2.75) is 18.8 Å². The molecule has 0 amide bonds. The van der Waals surface area contributed by atoms with Gasteiger partial charge in [-0.25, -0.2) is 8.78 Å². The Hall–Kier alpha value is -0.480. The average Bonchev–Trinajstić information content (AvgIpc) is 2.15. The number of rotatable bonds is 4. The lowest BCUT2D eigenvalue weighted by Crippen LogP contribution is -2.12. The molecule has 0 saturated heterocycles. The molecule has 0 aliphatic carbocycles. The highest BCUT2D eigenvalue weighted by atomic mass is 79.9. The fourth-order valence-corrected chi connectivity index (χ4v) is 2.03. The van der Waals surface area contributed by atoms with Gasteiger partial charge in [0.2, 0.25) is 11.7 Å². The van der Waals surface area contributed by atoms with Crippen LogP contribution < -0.4 is 0 Å². The molecule has 1 unspecified atom stereocenters. The maximum Gasteiger partial charge on any atom is 0.245 e. The Balaban J connectivity index is 2.99. The first-order valence-electron chi connectivity index (χ1n) is 4.23. The second-order valence-electron chi connectivity index (χ2n) is 3.02. The molecule has 1 aromatic rings. The summed E-state index contributed by atoms with van der Waals surface area (Å²) in [6, 6.07) is 6.58. The molecule has 15 heavy (non-hydrogen) atoms. The summed E-state index contributed by atoms with van der Waals surface area (Å²) < 4.78 is 26.0. The molecule has 82 valence electrons. The topological polar surface area (TPSA) is 17.1 Å². The van der Waals surface area contributed by atoms with Gasteiger partial charge < -0.3 is 0 Å². The predicted octanol–water partition coefficient (Wildman–Crippen LogP) is 3.95. The van der Waals surface area contributed by atoms with Crippen molar-refractivity contribution in [3.8, 4) is 0 Å². The quantitative estimate of drug-likeness (QED) is 0.769. The Morgan fingerprint density at radius 1 is 1.40 bits per heavy atom. The lowest BCUT2D eigenvalue weighted by Gasteiger charge is -2.15. The van der Waals surface area contributed by atoms with Gasteiger partial charge >= 0.3 is 0 Å². The van der Waals surface area contributed by atoms with E-state index in [1.54, 1.807) is 24.3 Å². The normalized spacial score (nSPS) is 12.9. The van der Waals surface area contributed by atoms with Crippen LogP contribution in [0.2, 0.25) is 0 Å². The second kappa shape index (κ2) is 5.56. The number of hydrogen-bond donors (Lipinski definition) is 0. The fraction of sp³-hybridized carbons (Fsp3) is 0.300. The van der Waals surface area contributed by atoms with E-state index in [0.717, 1.165) is 0 Å². The smallest absolute Gasteiger partial charge is 0.245 e. The van der Waals surface area contributed by atoms with Crippen molar-refractivity contribution in [2.24, 2.45) is 0 Å². The molecule has 0 aromatic heterocycles. The largest absolute Gasteiger partial charge is 0.281 e. The zero-order valence-corrected chi connectivity index (χ0v) is 9.93. The molecule has 1 nitrogen and oxygen atoms in total. The van der Waals surface area contributed by atoms with Crippen molar-refractivity contribution in [3.63, 3.8) is 0 Å². The molecule has 0 aliphatic rings. The first-order valence-corrected chi connectivity index (χ1v) is 5.40.